The second-order valence-corrected chi connectivity index (χ2v) is 7.84. The van der Waals surface area contributed by atoms with Gasteiger partial charge in [0.05, 0.1) is 0 Å². The molecule has 0 amide bonds. The van der Waals surface area contributed by atoms with Crippen molar-refractivity contribution in [3.63, 3.8) is 0 Å². The minimum absolute atomic E-state index is 0.714. The van der Waals surface area contributed by atoms with E-state index < -0.39 is 60.5 Å². The molecule has 1 aliphatic heterocycles. The van der Waals surface area contributed by atoms with Crippen LogP contribution in [0.25, 0.3) is 0 Å². The quantitative estimate of drug-likeness (QED) is 0.313. The van der Waals surface area contributed by atoms with Crippen LogP contribution in [0.1, 0.15) is 6.92 Å². The summed E-state index contributed by atoms with van der Waals surface area (Å²) in [4.78, 5) is 0. The van der Waals surface area contributed by atoms with Crippen molar-refractivity contribution in [2.45, 2.75) is 48.9 Å². The van der Waals surface area contributed by atoms with Gasteiger partial charge in [-0.05, 0) is 0 Å². The van der Waals surface area contributed by atoms with Crippen molar-refractivity contribution in [1.29, 1.82) is 0 Å². The summed E-state index contributed by atoms with van der Waals surface area (Å²) in [7, 11) is 0. The topological polar surface area (TPSA) is 12.5 Å². The Morgan fingerprint density at radius 3 is 1.29 bits per heavy atom. The monoisotopic (exact) mass is 689 g/mol. The molecular weight excluding hydrogens is 686 g/mol. The van der Waals surface area contributed by atoms with E-state index in [-0.39, 0.29) is 0 Å². The van der Waals surface area contributed by atoms with Gasteiger partial charge in [0.15, 0.2) is 0 Å². The fraction of sp³-hybridized carbons (Fsp3) is 0.900. The van der Waals surface area contributed by atoms with E-state index in [1.165, 1.54) is 0 Å². The van der Waals surface area contributed by atoms with Gasteiger partial charge in [0.1, 0.15) is 0 Å². The van der Waals surface area contributed by atoms with Crippen LogP contribution in [0.15, 0.2) is 0 Å². The second-order valence-electron chi connectivity index (χ2n) is 4.88. The van der Waals surface area contributed by atoms with E-state index >= 15 is 0 Å². The fourth-order valence-corrected chi connectivity index (χ4v) is 4.49. The molecule has 1 heterocycles. The molecule has 0 spiro atoms. The summed E-state index contributed by atoms with van der Waals surface area (Å²) in [5.74, 6) is -30.8. The van der Waals surface area contributed by atoms with Crippen molar-refractivity contribution >= 4 is 6.61 Å². The molecule has 0 saturated carbocycles. The van der Waals surface area contributed by atoms with Gasteiger partial charge >= 0.3 is 138 Å². The Kier molecular flexibility index (Phi) is 4.98. The van der Waals surface area contributed by atoms with Gasteiger partial charge in [0.25, 0.3) is 0 Å². The Hall–Kier alpha value is -2.26. The Morgan fingerprint density at radius 2 is 1.04 bits per heavy atom. The Labute approximate surface area is 139 Å². The molecule has 171 valence electrons. The van der Waals surface area contributed by atoms with Crippen molar-refractivity contribution in [3.8, 4) is 0 Å². The van der Waals surface area contributed by atoms with Crippen LogP contribution in [0, 0.1) is 0 Å². The van der Waals surface area contributed by atoms with Crippen LogP contribution in [-0.2, 0) is 4.74 Å². The maximum atomic E-state index is 13.7. The molecule has 28 heavy (non-hydrogen) atoms. The molecule has 0 aliphatic carbocycles. The molecule has 1 rings (SSSR count). The zero-order chi connectivity index (χ0) is 22.8. The molecule has 0 bridgehead atoms. The molecule has 2 nitrogen and oxygen atoms in total. The van der Waals surface area contributed by atoms with Gasteiger partial charge in [0, 0.05) is 0 Å². The third-order valence-corrected chi connectivity index (χ3v) is 6.73. The first-order chi connectivity index (χ1) is 12.0. The average molecular weight is 691 g/mol. The van der Waals surface area contributed by atoms with Gasteiger partial charge < -0.3 is 0 Å². The van der Waals surface area contributed by atoms with E-state index in [9.17, 15) is 65.9 Å². The van der Waals surface area contributed by atoms with Crippen LogP contribution in [0.5, 0.6) is 0 Å². The molecule has 0 aromatic carbocycles. The van der Waals surface area contributed by atoms with E-state index in [0.717, 1.165) is 0 Å². The van der Waals surface area contributed by atoms with Crippen molar-refractivity contribution in [3.05, 3.63) is 0 Å². The van der Waals surface area contributed by atoms with Crippen LogP contribution >= 0.6 is 0 Å². The van der Waals surface area contributed by atoms with Gasteiger partial charge in [-0.1, -0.05) is 0 Å². The molecule has 0 atom stereocenters. The summed E-state index contributed by atoms with van der Waals surface area (Å²) in [6.07, 6.45) is -5.94. The van der Waals surface area contributed by atoms with E-state index in [2.05, 4.69) is 4.74 Å². The summed E-state index contributed by atoms with van der Waals surface area (Å²) >= 11 is 0. The Morgan fingerprint density at radius 1 is 0.714 bits per heavy atom. The summed E-state index contributed by atoms with van der Waals surface area (Å²) in [5.41, 5.74) is 0. The molecule has 1 fully saturated rings. The Bertz CT molecular complexity index is 601. The van der Waals surface area contributed by atoms with Crippen LogP contribution < -0.4 is 0 Å². The summed E-state index contributed by atoms with van der Waals surface area (Å²) in [5, 5.41) is -2.93. The Balaban J connectivity index is 4.00. The fourth-order valence-electron chi connectivity index (χ4n) is 1.59. The van der Waals surface area contributed by atoms with Crippen LogP contribution in [0.3, 0.4) is 0 Å². The zero-order valence-corrected chi connectivity index (χ0v) is 15.2. The summed E-state index contributed by atoms with van der Waals surface area (Å²) in [6, 6.07) is -14.5. The number of hydrogen-bond donors (Lipinski definition) is 0. The third-order valence-electron chi connectivity index (χ3n) is 3.00. The predicted octanol–water partition coefficient (Wildman–Crippen LogP) is 4.76. The molecule has 0 aromatic heterocycles. The molecule has 1 aliphatic rings. The molecule has 18 heteroatoms. The number of nitrogens with zero attached hydrogens (tertiary/aromatic N) is 1. The van der Waals surface area contributed by atoms with Crippen molar-refractivity contribution in [2.24, 2.45) is 0 Å². The first-order valence-corrected chi connectivity index (χ1v) is 8.78. The molecule has 1 saturated heterocycles. The van der Waals surface area contributed by atoms with Gasteiger partial charge in [-0.25, -0.2) is 0 Å². The molecule has 0 aromatic rings. The van der Waals surface area contributed by atoms with Gasteiger partial charge in [-0.2, -0.15) is 0 Å². The normalized spacial score (nSPS) is 28.4. The van der Waals surface area contributed by atoms with Gasteiger partial charge in [-0.15, -0.1) is 0 Å². The molecule has 0 unspecified atom stereocenters. The molecular formula is C10H5CfF15NO. The van der Waals surface area contributed by atoms with Crippen molar-refractivity contribution < 1.29 is 70.6 Å². The number of hydrogen-bond acceptors (Lipinski definition) is 2. The zero-order valence-electron chi connectivity index (χ0n) is 12.5. The first kappa shape index (κ1) is 23.8. The number of rotatable bonds is 3. The number of alkyl halides is 15. The standard InChI is InChI=1S/C6F12N.C4H5F3O.Cf/c7-1(8)2(9,10)4(13,14)6(17,18)19-5(15,16)3(1,11)12;1-2-8-3-4(5,6)7;/h;2H2,1H3;/q-1;;+1. The van der Waals surface area contributed by atoms with E-state index in [1.807, 2.05) is 0 Å². The first-order valence-electron chi connectivity index (χ1n) is 6.28. The van der Waals surface area contributed by atoms with Gasteiger partial charge in [0.2, 0.25) is 0 Å². The minimum atomic E-state index is -7.77. The van der Waals surface area contributed by atoms with Gasteiger partial charge in [-0.3, -0.25) is 0 Å². The van der Waals surface area contributed by atoms with Crippen molar-refractivity contribution in [2.75, 3.05) is 6.61 Å². The number of ether oxygens (including phenoxy) is 1. The van der Waals surface area contributed by atoms with E-state index in [1.54, 1.807) is 0 Å². The SMILES string of the molecule is CCO/[C](=[Cf]\[N]1C(F)(F)C(F)(F)C(F)(F)C(F)(F)C(F)(F)C1(F)F)C(F)(F)F. The van der Waals surface area contributed by atoms with E-state index in [0.29, 0.717) is 6.92 Å². The van der Waals surface area contributed by atoms with Crippen molar-refractivity contribution in [1.82, 2.24) is 5.32 Å². The third kappa shape index (κ3) is 2.68. The number of halogens is 15. The van der Waals surface area contributed by atoms with Crippen LogP contribution in [-0.4, -0.2) is 60.5 Å². The molecule has 0 radical (unpaired) electrons. The van der Waals surface area contributed by atoms with Crippen LogP contribution in [0.4, 0.5) is 65.9 Å². The predicted molar refractivity (Wildman–Crippen MR) is 54.2 cm³/mol. The summed E-state index contributed by atoms with van der Waals surface area (Å²) in [6.45, 7) is -3.18. The molecule has 0 N–H and O–H groups in total. The second kappa shape index (κ2) is 5.87. The average Bonchev–Trinajstić information content (AvgIpc) is 2.48. The van der Waals surface area contributed by atoms with Crippen LogP contribution in [0.2, 0.25) is 0 Å². The maximum absolute atomic E-state index is 13.7. The van der Waals surface area contributed by atoms with E-state index in [4.69, 9.17) is 0 Å². The summed E-state index contributed by atoms with van der Waals surface area (Å²) < 4.78 is 198.